The van der Waals surface area contributed by atoms with Gasteiger partial charge in [0.15, 0.2) is 11.5 Å². The molecule has 2 heterocycles. The van der Waals surface area contributed by atoms with Gasteiger partial charge in [-0.05, 0) is 29.8 Å². The maximum atomic E-state index is 13.2. The van der Waals surface area contributed by atoms with Gasteiger partial charge in [-0.25, -0.2) is 9.97 Å². The van der Waals surface area contributed by atoms with Crippen LogP contribution in [0.4, 0.5) is 13.2 Å². The Morgan fingerprint density at radius 3 is 2.49 bits per heavy atom. The molecule has 4 aromatic rings. The molecule has 2 aromatic heterocycles. The Labute approximate surface area is 208 Å². The number of nitrogens with zero attached hydrogens (tertiary/aromatic N) is 2. The maximum Gasteiger partial charge on any atom is 0.433 e. The summed E-state index contributed by atoms with van der Waals surface area (Å²) in [4.78, 5) is 21.0. The molecule has 0 aliphatic heterocycles. The van der Waals surface area contributed by atoms with Crippen LogP contribution in [-0.4, -0.2) is 45.8 Å². The first kappa shape index (κ1) is 26.1. The lowest BCUT2D eigenvalue weighted by Gasteiger charge is -2.22. The number of pyridine rings is 1. The summed E-state index contributed by atoms with van der Waals surface area (Å²) in [6.07, 6.45) is -5.87. The van der Waals surface area contributed by atoms with Gasteiger partial charge in [-0.3, -0.25) is 4.79 Å². The summed E-state index contributed by atoms with van der Waals surface area (Å²) in [6.45, 7) is -0.786. The van der Waals surface area contributed by atoms with Crippen LogP contribution in [-0.2, 0) is 12.7 Å². The SMILES string of the molecule is COc1ccc(-c2nc(C(=O)N[C@@H](CO)[C@H](O)c3ccccc3)c(CN)o2)c2ccc(C(F)(F)F)nc12. The number of nitrogens with two attached hydrogens (primary N) is 1. The number of aliphatic hydroxyl groups is 2. The average molecular weight is 516 g/mol. The fourth-order valence-electron chi connectivity index (χ4n) is 3.83. The third-order valence-electron chi connectivity index (χ3n) is 5.69. The number of carbonyl (C=O) groups is 1. The highest BCUT2D eigenvalue weighted by Crippen LogP contribution is 2.37. The lowest BCUT2D eigenvalue weighted by molar-refractivity contribution is -0.140. The minimum absolute atomic E-state index is 0.00206. The Kier molecular flexibility index (Phi) is 7.43. The number of rotatable bonds is 8. The smallest absolute Gasteiger partial charge is 0.433 e. The summed E-state index contributed by atoms with van der Waals surface area (Å²) in [5.74, 6) is -0.736. The van der Waals surface area contributed by atoms with Crippen LogP contribution in [0.5, 0.6) is 5.75 Å². The van der Waals surface area contributed by atoms with Crippen molar-refractivity contribution < 1.29 is 37.3 Å². The molecule has 0 spiro atoms. The predicted molar refractivity (Wildman–Crippen MR) is 126 cm³/mol. The van der Waals surface area contributed by atoms with Crippen molar-refractivity contribution in [2.45, 2.75) is 24.9 Å². The quantitative estimate of drug-likeness (QED) is 0.280. The number of benzene rings is 2. The van der Waals surface area contributed by atoms with Gasteiger partial charge >= 0.3 is 6.18 Å². The van der Waals surface area contributed by atoms with E-state index in [2.05, 4.69) is 15.3 Å². The van der Waals surface area contributed by atoms with Crippen LogP contribution in [0.25, 0.3) is 22.4 Å². The minimum Gasteiger partial charge on any atom is -0.494 e. The fourth-order valence-corrected chi connectivity index (χ4v) is 3.83. The first-order valence-electron chi connectivity index (χ1n) is 11.1. The Morgan fingerprint density at radius 2 is 1.86 bits per heavy atom. The zero-order chi connectivity index (χ0) is 26.7. The lowest BCUT2D eigenvalue weighted by Crippen LogP contribution is -2.42. The zero-order valence-electron chi connectivity index (χ0n) is 19.5. The molecule has 194 valence electrons. The minimum atomic E-state index is -4.66. The number of alkyl halides is 3. The number of ether oxygens (including phenoxy) is 1. The molecule has 0 saturated carbocycles. The number of aromatic nitrogens is 2. The standard InChI is InChI=1S/C25H23F3N4O5/c1-36-17-9-7-15(14-8-10-19(25(26,27)28)31-20(14)17)24-32-21(18(11-29)37-24)23(35)30-16(12-33)22(34)13-5-3-2-4-6-13/h2-10,16,22,33-34H,11-12,29H2,1H3,(H,30,35)/t16-,22+/m0/s1. The lowest BCUT2D eigenvalue weighted by atomic mass is 10.0. The Bertz CT molecular complexity index is 1410. The monoisotopic (exact) mass is 516 g/mol. The number of nitrogens with one attached hydrogen (secondary N) is 1. The highest BCUT2D eigenvalue weighted by atomic mass is 19.4. The highest BCUT2D eigenvalue weighted by molar-refractivity contribution is 5.98. The number of aliphatic hydroxyl groups excluding tert-OH is 2. The molecular weight excluding hydrogens is 493 g/mol. The molecule has 1 amide bonds. The number of hydrogen-bond acceptors (Lipinski definition) is 8. The van der Waals surface area contributed by atoms with Crippen molar-refractivity contribution in [3.05, 3.63) is 77.3 Å². The van der Waals surface area contributed by atoms with Gasteiger partial charge in [0.05, 0.1) is 26.3 Å². The van der Waals surface area contributed by atoms with Crippen LogP contribution in [0.1, 0.15) is 33.6 Å². The first-order chi connectivity index (χ1) is 17.7. The van der Waals surface area contributed by atoms with Gasteiger partial charge in [-0.1, -0.05) is 30.3 Å². The number of halogens is 3. The van der Waals surface area contributed by atoms with Crippen molar-refractivity contribution in [1.29, 1.82) is 0 Å². The molecular formula is C25H23F3N4O5. The van der Waals surface area contributed by atoms with Gasteiger partial charge in [0.2, 0.25) is 5.89 Å². The molecule has 0 bridgehead atoms. The number of methoxy groups -OCH3 is 1. The predicted octanol–water partition coefficient (Wildman–Crippen LogP) is 3.20. The Hall–Kier alpha value is -4.00. The van der Waals surface area contributed by atoms with E-state index in [-0.39, 0.29) is 46.1 Å². The topological polar surface area (TPSA) is 144 Å². The summed E-state index contributed by atoms with van der Waals surface area (Å²) >= 11 is 0. The number of hydrogen-bond donors (Lipinski definition) is 4. The molecule has 0 radical (unpaired) electrons. The highest BCUT2D eigenvalue weighted by Gasteiger charge is 2.33. The molecule has 4 rings (SSSR count). The van der Waals surface area contributed by atoms with Crippen molar-refractivity contribution in [1.82, 2.24) is 15.3 Å². The summed E-state index contributed by atoms with van der Waals surface area (Å²) in [5.41, 5.74) is 5.13. The van der Waals surface area contributed by atoms with Gasteiger partial charge in [0.1, 0.15) is 23.1 Å². The third kappa shape index (κ3) is 5.26. The average Bonchev–Trinajstić information content (AvgIpc) is 3.34. The summed E-state index contributed by atoms with van der Waals surface area (Å²) in [5, 5.41) is 23.1. The van der Waals surface area contributed by atoms with E-state index in [9.17, 15) is 28.2 Å². The van der Waals surface area contributed by atoms with Crippen molar-refractivity contribution in [3.63, 3.8) is 0 Å². The van der Waals surface area contributed by atoms with Crippen molar-refractivity contribution in [2.24, 2.45) is 5.73 Å². The second-order valence-electron chi connectivity index (χ2n) is 8.02. The molecule has 0 fully saturated rings. The van der Waals surface area contributed by atoms with Crippen molar-refractivity contribution in [3.8, 4) is 17.2 Å². The molecule has 0 saturated heterocycles. The van der Waals surface area contributed by atoms with Crippen LogP contribution in [0.3, 0.4) is 0 Å². The van der Waals surface area contributed by atoms with Gasteiger partial charge < -0.3 is 30.4 Å². The molecule has 2 aromatic carbocycles. The normalized spacial score (nSPS) is 13.4. The van der Waals surface area contributed by atoms with E-state index in [1.165, 1.54) is 25.3 Å². The number of oxazole rings is 1. The van der Waals surface area contributed by atoms with E-state index in [1.54, 1.807) is 30.3 Å². The van der Waals surface area contributed by atoms with E-state index >= 15 is 0 Å². The number of carbonyl (C=O) groups excluding carboxylic acids is 1. The molecule has 9 nitrogen and oxygen atoms in total. The molecule has 0 unspecified atom stereocenters. The van der Waals surface area contributed by atoms with E-state index in [0.717, 1.165) is 6.07 Å². The van der Waals surface area contributed by atoms with Crippen LogP contribution < -0.4 is 15.8 Å². The maximum absolute atomic E-state index is 13.2. The molecule has 37 heavy (non-hydrogen) atoms. The Balaban J connectivity index is 1.70. The second kappa shape index (κ2) is 10.5. The first-order valence-corrected chi connectivity index (χ1v) is 11.1. The molecule has 0 aliphatic rings. The largest absolute Gasteiger partial charge is 0.494 e. The fraction of sp³-hybridized carbons (Fsp3) is 0.240. The second-order valence-corrected chi connectivity index (χ2v) is 8.02. The van der Waals surface area contributed by atoms with Gasteiger partial charge in [0.25, 0.3) is 5.91 Å². The third-order valence-corrected chi connectivity index (χ3v) is 5.69. The van der Waals surface area contributed by atoms with Crippen LogP contribution in [0.15, 0.2) is 59.0 Å². The van der Waals surface area contributed by atoms with E-state index in [4.69, 9.17) is 14.9 Å². The van der Waals surface area contributed by atoms with Crippen molar-refractivity contribution >= 4 is 16.8 Å². The van der Waals surface area contributed by atoms with E-state index < -0.39 is 36.5 Å². The molecule has 2 atom stereocenters. The number of fused-ring (bicyclic) bond motifs is 1. The van der Waals surface area contributed by atoms with E-state index in [1.807, 2.05) is 0 Å². The van der Waals surface area contributed by atoms with Gasteiger partial charge in [-0.2, -0.15) is 13.2 Å². The summed E-state index contributed by atoms with van der Waals surface area (Å²) in [7, 11) is 1.30. The summed E-state index contributed by atoms with van der Waals surface area (Å²) in [6, 6.07) is 12.4. The Morgan fingerprint density at radius 1 is 1.14 bits per heavy atom. The zero-order valence-corrected chi connectivity index (χ0v) is 19.5. The molecule has 12 heteroatoms. The van der Waals surface area contributed by atoms with Crippen molar-refractivity contribution in [2.75, 3.05) is 13.7 Å². The number of amides is 1. The van der Waals surface area contributed by atoms with Crippen LogP contribution in [0, 0.1) is 0 Å². The van der Waals surface area contributed by atoms with Crippen LogP contribution >= 0.6 is 0 Å². The molecule has 5 N–H and O–H groups in total. The molecule has 0 aliphatic carbocycles. The van der Waals surface area contributed by atoms with Gasteiger partial charge in [-0.15, -0.1) is 0 Å². The van der Waals surface area contributed by atoms with Crippen LogP contribution in [0.2, 0.25) is 0 Å². The van der Waals surface area contributed by atoms with E-state index in [0.29, 0.717) is 5.56 Å². The summed E-state index contributed by atoms with van der Waals surface area (Å²) < 4.78 is 50.6. The van der Waals surface area contributed by atoms with Gasteiger partial charge in [0, 0.05) is 10.9 Å².